The van der Waals surface area contributed by atoms with E-state index in [1.165, 1.54) is 5.56 Å². The summed E-state index contributed by atoms with van der Waals surface area (Å²) in [5.74, 6) is 2.09. The van der Waals surface area contributed by atoms with Crippen molar-refractivity contribution < 1.29 is 9.47 Å². The molecule has 1 aromatic rings. The Morgan fingerprint density at radius 1 is 1.06 bits per heavy atom. The summed E-state index contributed by atoms with van der Waals surface area (Å²) >= 11 is 0. The van der Waals surface area contributed by atoms with E-state index in [2.05, 4.69) is 24.3 Å². The van der Waals surface area contributed by atoms with Gasteiger partial charge in [-0.25, -0.2) is 0 Å². The number of fused-ring (bicyclic) bond motifs is 1. The number of rotatable bonds is 1. The third-order valence-corrected chi connectivity index (χ3v) is 3.31. The lowest BCUT2D eigenvalue weighted by Gasteiger charge is -2.25. The van der Waals surface area contributed by atoms with E-state index in [1.807, 2.05) is 6.07 Å². The van der Waals surface area contributed by atoms with E-state index >= 15 is 0 Å². The highest BCUT2D eigenvalue weighted by Gasteiger charge is 2.23. The lowest BCUT2D eigenvalue weighted by atomic mass is 9.84. The smallest absolute Gasteiger partial charge is 0.231 e. The summed E-state index contributed by atoms with van der Waals surface area (Å²) in [6.07, 6.45) is 6.34. The molecular weight excluding hydrogens is 238 g/mol. The van der Waals surface area contributed by atoms with Crippen LogP contribution in [0.1, 0.15) is 24.3 Å². The Balaban J connectivity index is 0.00000108. The molecule has 4 heteroatoms. The van der Waals surface area contributed by atoms with Gasteiger partial charge in [0.05, 0.1) is 0 Å². The maximum atomic E-state index is 6.13. The van der Waals surface area contributed by atoms with Crippen molar-refractivity contribution in [3.8, 4) is 11.5 Å². The average molecular weight is 254 g/mol. The number of benzene rings is 1. The van der Waals surface area contributed by atoms with Crippen molar-refractivity contribution in [2.75, 3.05) is 6.79 Å². The van der Waals surface area contributed by atoms with Gasteiger partial charge in [-0.15, -0.1) is 12.4 Å². The highest BCUT2D eigenvalue weighted by atomic mass is 35.5. The SMILES string of the molecule is Cl.N[C@@H]1CC=CC[C@H]1c1ccc2c(c1)OCO2. The lowest BCUT2D eigenvalue weighted by molar-refractivity contribution is 0.174. The summed E-state index contributed by atoms with van der Waals surface area (Å²) in [4.78, 5) is 0. The molecule has 2 N–H and O–H groups in total. The van der Waals surface area contributed by atoms with Gasteiger partial charge in [-0.05, 0) is 30.5 Å². The normalized spacial score (nSPS) is 25.5. The minimum atomic E-state index is 0. The van der Waals surface area contributed by atoms with Crippen molar-refractivity contribution >= 4 is 12.4 Å². The molecular formula is C13H16ClNO2. The van der Waals surface area contributed by atoms with Gasteiger partial charge in [0.25, 0.3) is 0 Å². The maximum Gasteiger partial charge on any atom is 0.231 e. The lowest BCUT2D eigenvalue weighted by Crippen LogP contribution is -2.29. The first-order valence-corrected chi connectivity index (χ1v) is 5.65. The molecule has 1 aliphatic carbocycles. The zero-order valence-corrected chi connectivity index (χ0v) is 10.3. The molecule has 2 aliphatic rings. The van der Waals surface area contributed by atoms with Crippen LogP contribution < -0.4 is 15.2 Å². The van der Waals surface area contributed by atoms with Crippen molar-refractivity contribution in [3.05, 3.63) is 35.9 Å². The minimum absolute atomic E-state index is 0. The Hall–Kier alpha value is -1.19. The first kappa shape index (κ1) is 12.3. The van der Waals surface area contributed by atoms with Crippen LogP contribution in [0.5, 0.6) is 11.5 Å². The maximum absolute atomic E-state index is 6.13. The van der Waals surface area contributed by atoms with Gasteiger partial charge in [0.15, 0.2) is 11.5 Å². The van der Waals surface area contributed by atoms with Crippen molar-refractivity contribution in [3.63, 3.8) is 0 Å². The fourth-order valence-corrected chi connectivity index (χ4v) is 2.36. The number of hydrogen-bond donors (Lipinski definition) is 1. The molecule has 0 radical (unpaired) electrons. The molecule has 0 amide bonds. The second-order valence-electron chi connectivity index (χ2n) is 4.33. The van der Waals surface area contributed by atoms with Crippen LogP contribution in [0.2, 0.25) is 0 Å². The fourth-order valence-electron chi connectivity index (χ4n) is 2.36. The largest absolute Gasteiger partial charge is 0.454 e. The molecule has 0 saturated heterocycles. The van der Waals surface area contributed by atoms with E-state index in [-0.39, 0.29) is 18.4 Å². The summed E-state index contributed by atoms with van der Waals surface area (Å²) in [7, 11) is 0. The minimum Gasteiger partial charge on any atom is -0.454 e. The van der Waals surface area contributed by atoms with E-state index in [9.17, 15) is 0 Å². The Labute approximate surface area is 107 Å². The number of ether oxygens (including phenoxy) is 2. The molecule has 1 aromatic carbocycles. The molecule has 0 fully saturated rings. The fraction of sp³-hybridized carbons (Fsp3) is 0.385. The van der Waals surface area contributed by atoms with E-state index in [0.717, 1.165) is 24.3 Å². The van der Waals surface area contributed by atoms with Crippen molar-refractivity contribution in [2.45, 2.75) is 24.8 Å². The van der Waals surface area contributed by atoms with Crippen molar-refractivity contribution in [2.24, 2.45) is 5.73 Å². The standard InChI is InChI=1S/C13H15NO2.ClH/c14-11-4-2-1-3-10(11)9-5-6-12-13(7-9)16-8-15-12;/h1-2,5-7,10-11H,3-4,8,14H2;1H/t10-,11+;/m0./s1. The molecule has 17 heavy (non-hydrogen) atoms. The first-order valence-electron chi connectivity index (χ1n) is 5.65. The van der Waals surface area contributed by atoms with Gasteiger partial charge >= 0.3 is 0 Å². The molecule has 1 heterocycles. The summed E-state index contributed by atoms with van der Waals surface area (Å²) < 4.78 is 10.7. The Morgan fingerprint density at radius 3 is 2.65 bits per heavy atom. The van der Waals surface area contributed by atoms with Gasteiger partial charge in [-0.1, -0.05) is 18.2 Å². The van der Waals surface area contributed by atoms with Crippen molar-refractivity contribution in [1.29, 1.82) is 0 Å². The van der Waals surface area contributed by atoms with Gasteiger partial charge < -0.3 is 15.2 Å². The number of nitrogens with two attached hydrogens (primary N) is 1. The first-order chi connectivity index (χ1) is 7.84. The van der Waals surface area contributed by atoms with E-state index < -0.39 is 0 Å². The quantitative estimate of drug-likeness (QED) is 0.783. The highest BCUT2D eigenvalue weighted by Crippen LogP contribution is 2.37. The van der Waals surface area contributed by atoms with Gasteiger partial charge in [-0.2, -0.15) is 0 Å². The molecule has 2 atom stereocenters. The van der Waals surface area contributed by atoms with Crippen LogP contribution in [-0.4, -0.2) is 12.8 Å². The van der Waals surface area contributed by atoms with E-state index in [0.29, 0.717) is 12.7 Å². The number of halogens is 1. The van der Waals surface area contributed by atoms with Crippen LogP contribution in [0.25, 0.3) is 0 Å². The van der Waals surface area contributed by atoms with Gasteiger partial charge in [0.2, 0.25) is 6.79 Å². The van der Waals surface area contributed by atoms with Crippen LogP contribution in [0.15, 0.2) is 30.4 Å². The molecule has 92 valence electrons. The molecule has 0 saturated carbocycles. The zero-order chi connectivity index (χ0) is 11.0. The number of hydrogen-bond acceptors (Lipinski definition) is 3. The molecule has 0 bridgehead atoms. The predicted molar refractivity (Wildman–Crippen MR) is 68.9 cm³/mol. The van der Waals surface area contributed by atoms with Gasteiger partial charge in [-0.3, -0.25) is 0 Å². The summed E-state index contributed by atoms with van der Waals surface area (Å²) in [6.45, 7) is 0.329. The average Bonchev–Trinajstić information content (AvgIpc) is 2.76. The third-order valence-electron chi connectivity index (χ3n) is 3.31. The van der Waals surface area contributed by atoms with Gasteiger partial charge in [0.1, 0.15) is 0 Å². The monoisotopic (exact) mass is 253 g/mol. The molecule has 0 aromatic heterocycles. The second kappa shape index (κ2) is 4.98. The van der Waals surface area contributed by atoms with Crippen LogP contribution in [-0.2, 0) is 0 Å². The van der Waals surface area contributed by atoms with Crippen molar-refractivity contribution in [1.82, 2.24) is 0 Å². The zero-order valence-electron chi connectivity index (χ0n) is 9.46. The molecule has 1 aliphatic heterocycles. The Morgan fingerprint density at radius 2 is 1.82 bits per heavy atom. The van der Waals surface area contributed by atoms with Crippen LogP contribution in [0.4, 0.5) is 0 Å². The predicted octanol–water partition coefficient (Wildman–Crippen LogP) is 2.60. The Kier molecular flexibility index (Phi) is 3.60. The highest BCUT2D eigenvalue weighted by molar-refractivity contribution is 5.85. The summed E-state index contributed by atoms with van der Waals surface area (Å²) in [5, 5.41) is 0. The van der Waals surface area contributed by atoms with Crippen LogP contribution in [0, 0.1) is 0 Å². The van der Waals surface area contributed by atoms with Crippen LogP contribution in [0.3, 0.4) is 0 Å². The summed E-state index contributed by atoms with van der Waals surface area (Å²) in [6, 6.07) is 6.34. The second-order valence-corrected chi connectivity index (χ2v) is 4.33. The van der Waals surface area contributed by atoms with E-state index in [1.54, 1.807) is 0 Å². The topological polar surface area (TPSA) is 44.5 Å². The molecule has 3 rings (SSSR count). The summed E-state index contributed by atoms with van der Waals surface area (Å²) in [5.41, 5.74) is 7.38. The Bertz CT molecular complexity index is 433. The van der Waals surface area contributed by atoms with E-state index in [4.69, 9.17) is 15.2 Å². The molecule has 0 spiro atoms. The molecule has 3 nitrogen and oxygen atoms in total. The van der Waals surface area contributed by atoms with Gasteiger partial charge in [0, 0.05) is 12.0 Å². The molecule has 0 unspecified atom stereocenters. The van der Waals surface area contributed by atoms with Crippen LogP contribution >= 0.6 is 12.4 Å². The number of allylic oxidation sites excluding steroid dienone is 1. The third kappa shape index (κ3) is 2.26.